The summed E-state index contributed by atoms with van der Waals surface area (Å²) < 4.78 is 0. The highest BCUT2D eigenvalue weighted by Crippen LogP contribution is 2.33. The van der Waals surface area contributed by atoms with Gasteiger partial charge in [0, 0.05) is 0 Å². The molecule has 1 aromatic rings. The van der Waals surface area contributed by atoms with E-state index >= 15 is 0 Å². The average molecular weight is 280 g/mol. The highest BCUT2D eigenvalue weighted by Gasteiger charge is 2.27. The van der Waals surface area contributed by atoms with E-state index in [9.17, 15) is 10.1 Å². The molecule has 8 nitrogen and oxygen atoms in total. The van der Waals surface area contributed by atoms with Crippen molar-refractivity contribution >= 4 is 17.5 Å². The predicted octanol–water partition coefficient (Wildman–Crippen LogP) is 0.857. The fraction of sp³-hybridized carbons (Fsp3) is 0.667. The summed E-state index contributed by atoms with van der Waals surface area (Å²) in [6.07, 6.45) is 4.65. The molecule has 110 valence electrons. The number of rotatable bonds is 4. The van der Waals surface area contributed by atoms with Crippen LogP contribution in [0.4, 0.5) is 17.5 Å². The molecule has 2 rings (SSSR count). The van der Waals surface area contributed by atoms with Crippen LogP contribution in [0, 0.1) is 22.0 Å². The van der Waals surface area contributed by atoms with Gasteiger partial charge in [0.1, 0.15) is 5.69 Å². The zero-order chi connectivity index (χ0) is 14.7. The Morgan fingerprint density at radius 2 is 1.75 bits per heavy atom. The highest BCUT2D eigenvalue weighted by molar-refractivity contribution is 5.57. The van der Waals surface area contributed by atoms with Gasteiger partial charge in [0.15, 0.2) is 0 Å². The second-order valence-electron chi connectivity index (χ2n) is 5.35. The summed E-state index contributed by atoms with van der Waals surface area (Å²) in [4.78, 5) is 18.2. The maximum Gasteiger partial charge on any atom is 0.332 e. The van der Waals surface area contributed by atoms with Crippen LogP contribution in [0.3, 0.4) is 0 Å². The van der Waals surface area contributed by atoms with Crippen molar-refractivity contribution in [3.63, 3.8) is 0 Å². The third-order valence-corrected chi connectivity index (χ3v) is 3.96. The van der Waals surface area contributed by atoms with Crippen LogP contribution in [0.2, 0.25) is 0 Å². The number of nitrogen functional groups attached to an aromatic ring is 2. The van der Waals surface area contributed by atoms with Crippen LogP contribution in [-0.2, 0) is 6.42 Å². The number of anilines is 2. The second-order valence-corrected chi connectivity index (χ2v) is 5.35. The van der Waals surface area contributed by atoms with Gasteiger partial charge in [0.25, 0.3) is 0 Å². The molecule has 6 N–H and O–H groups in total. The summed E-state index contributed by atoms with van der Waals surface area (Å²) >= 11 is 0. The normalized spacial score (nSPS) is 22.6. The highest BCUT2D eigenvalue weighted by atomic mass is 16.6. The van der Waals surface area contributed by atoms with Gasteiger partial charge < -0.3 is 17.2 Å². The summed E-state index contributed by atoms with van der Waals surface area (Å²) in [6, 6.07) is 0. The minimum atomic E-state index is -0.532. The number of nitrogens with zero attached hydrogens (tertiary/aromatic N) is 3. The quantitative estimate of drug-likeness (QED) is 0.547. The second kappa shape index (κ2) is 6.00. The summed E-state index contributed by atoms with van der Waals surface area (Å²) in [5.41, 5.74) is 16.9. The molecule has 0 bridgehead atoms. The van der Waals surface area contributed by atoms with Gasteiger partial charge in [0.05, 0.1) is 4.92 Å². The van der Waals surface area contributed by atoms with E-state index in [1.807, 2.05) is 0 Å². The van der Waals surface area contributed by atoms with Gasteiger partial charge >= 0.3 is 5.69 Å². The molecule has 1 aliphatic rings. The number of hydrogen-bond acceptors (Lipinski definition) is 7. The summed E-state index contributed by atoms with van der Waals surface area (Å²) in [7, 11) is 0. The molecule has 1 fully saturated rings. The minimum absolute atomic E-state index is 0.0151. The first-order chi connectivity index (χ1) is 9.51. The molecule has 1 heterocycles. The molecule has 0 saturated heterocycles. The van der Waals surface area contributed by atoms with E-state index < -0.39 is 4.92 Å². The van der Waals surface area contributed by atoms with Crippen LogP contribution in [0.1, 0.15) is 31.4 Å². The maximum absolute atomic E-state index is 11.1. The first-order valence-electron chi connectivity index (χ1n) is 6.77. The van der Waals surface area contributed by atoms with Crippen LogP contribution in [0.25, 0.3) is 0 Å². The summed E-state index contributed by atoms with van der Waals surface area (Å²) in [5.74, 6) is 0.763. The standard InChI is InChI=1S/C12H20N6O2/c13-6-8-3-1-7(2-4-8)5-9-10(18(19)20)11(14)17-12(15)16-9/h7-8H,1-6,13H2,(H4,14,15,16,17). The predicted molar refractivity (Wildman–Crippen MR) is 75.7 cm³/mol. The average Bonchev–Trinajstić information content (AvgIpc) is 2.38. The maximum atomic E-state index is 11.1. The number of nitrogens with two attached hydrogens (primary N) is 3. The van der Waals surface area contributed by atoms with Gasteiger partial charge in [-0.3, -0.25) is 10.1 Å². The molecule has 1 aliphatic carbocycles. The van der Waals surface area contributed by atoms with Gasteiger partial charge in [-0.15, -0.1) is 0 Å². The third-order valence-electron chi connectivity index (χ3n) is 3.96. The molecular weight excluding hydrogens is 260 g/mol. The Labute approximate surface area is 116 Å². The SMILES string of the molecule is NCC1CCC(Cc2nc(N)nc(N)c2[N+](=O)[O-])CC1. The first kappa shape index (κ1) is 14.4. The Kier molecular flexibility index (Phi) is 4.33. The molecule has 1 saturated carbocycles. The molecule has 0 unspecified atom stereocenters. The molecule has 0 radical (unpaired) electrons. The van der Waals surface area contributed by atoms with Crippen molar-refractivity contribution < 1.29 is 4.92 Å². The lowest BCUT2D eigenvalue weighted by molar-refractivity contribution is -0.385. The van der Waals surface area contributed by atoms with E-state index in [2.05, 4.69) is 9.97 Å². The Morgan fingerprint density at radius 3 is 2.30 bits per heavy atom. The fourth-order valence-electron chi connectivity index (χ4n) is 2.83. The van der Waals surface area contributed by atoms with Crippen molar-refractivity contribution in [3.05, 3.63) is 15.8 Å². The Balaban J connectivity index is 2.15. The van der Waals surface area contributed by atoms with Gasteiger partial charge in [-0.05, 0) is 50.5 Å². The first-order valence-corrected chi connectivity index (χ1v) is 6.77. The van der Waals surface area contributed by atoms with Gasteiger partial charge in [0.2, 0.25) is 11.8 Å². The van der Waals surface area contributed by atoms with E-state index in [1.165, 1.54) is 0 Å². The lowest BCUT2D eigenvalue weighted by atomic mass is 9.80. The van der Waals surface area contributed by atoms with E-state index in [1.54, 1.807) is 0 Å². The Hall–Kier alpha value is -1.96. The third kappa shape index (κ3) is 3.13. The van der Waals surface area contributed by atoms with Crippen molar-refractivity contribution in [3.8, 4) is 0 Å². The topological polar surface area (TPSA) is 147 Å². The number of nitro groups is 1. The van der Waals surface area contributed by atoms with Crippen molar-refractivity contribution in [1.29, 1.82) is 0 Å². The molecule has 0 atom stereocenters. The lowest BCUT2D eigenvalue weighted by Crippen LogP contribution is -2.23. The molecule has 20 heavy (non-hydrogen) atoms. The zero-order valence-corrected chi connectivity index (χ0v) is 11.3. The molecular formula is C12H20N6O2. The lowest BCUT2D eigenvalue weighted by Gasteiger charge is -2.27. The van der Waals surface area contributed by atoms with Gasteiger partial charge in [-0.25, -0.2) is 4.98 Å². The molecule has 0 amide bonds. The monoisotopic (exact) mass is 280 g/mol. The van der Waals surface area contributed by atoms with Gasteiger partial charge in [-0.1, -0.05) is 0 Å². The van der Waals surface area contributed by atoms with E-state index in [0.717, 1.165) is 25.7 Å². The fourth-order valence-corrected chi connectivity index (χ4v) is 2.83. The van der Waals surface area contributed by atoms with Crippen molar-refractivity contribution in [2.75, 3.05) is 18.0 Å². The zero-order valence-electron chi connectivity index (χ0n) is 11.3. The van der Waals surface area contributed by atoms with Crippen molar-refractivity contribution in [1.82, 2.24) is 9.97 Å². The summed E-state index contributed by atoms with van der Waals surface area (Å²) in [6.45, 7) is 0.709. The molecule has 8 heteroatoms. The molecule has 1 aromatic heterocycles. The number of hydrogen-bond donors (Lipinski definition) is 3. The van der Waals surface area contributed by atoms with E-state index in [-0.39, 0.29) is 17.5 Å². The summed E-state index contributed by atoms with van der Waals surface area (Å²) in [5, 5.41) is 11.1. The Bertz CT molecular complexity index is 499. The van der Waals surface area contributed by atoms with Gasteiger partial charge in [-0.2, -0.15) is 4.98 Å². The largest absolute Gasteiger partial charge is 0.378 e. The molecule has 0 aliphatic heterocycles. The smallest absolute Gasteiger partial charge is 0.332 e. The van der Waals surface area contributed by atoms with Crippen molar-refractivity contribution in [2.45, 2.75) is 32.1 Å². The Morgan fingerprint density at radius 1 is 1.15 bits per heavy atom. The molecule has 0 aromatic carbocycles. The van der Waals surface area contributed by atoms with Crippen molar-refractivity contribution in [2.24, 2.45) is 17.6 Å². The van der Waals surface area contributed by atoms with Crippen LogP contribution < -0.4 is 17.2 Å². The van der Waals surface area contributed by atoms with E-state index in [0.29, 0.717) is 30.5 Å². The van der Waals surface area contributed by atoms with Crippen LogP contribution in [0.15, 0.2) is 0 Å². The number of aromatic nitrogens is 2. The molecule has 0 spiro atoms. The van der Waals surface area contributed by atoms with Crippen LogP contribution in [-0.4, -0.2) is 21.4 Å². The van der Waals surface area contributed by atoms with Crippen LogP contribution in [0.5, 0.6) is 0 Å². The van der Waals surface area contributed by atoms with Crippen LogP contribution >= 0.6 is 0 Å². The minimum Gasteiger partial charge on any atom is -0.378 e. The van der Waals surface area contributed by atoms with E-state index in [4.69, 9.17) is 17.2 Å².